The Morgan fingerprint density at radius 3 is 2.67 bits per heavy atom. The molecule has 1 aliphatic heterocycles. The molecular weight excluding hydrogens is 216 g/mol. The Morgan fingerprint density at radius 1 is 1.33 bits per heavy atom. The highest BCUT2D eigenvalue weighted by Crippen LogP contribution is 2.19. The van der Waals surface area contributed by atoms with Gasteiger partial charge in [0.1, 0.15) is 6.61 Å². The van der Waals surface area contributed by atoms with Crippen LogP contribution in [-0.2, 0) is 9.53 Å². The first kappa shape index (κ1) is 10.3. The van der Waals surface area contributed by atoms with Crippen LogP contribution in [-0.4, -0.2) is 25.7 Å². The Hall–Kier alpha value is -1.26. The Morgan fingerprint density at radius 2 is 2.07 bits per heavy atom. The monoisotopic (exact) mass is 226 g/mol. The summed E-state index contributed by atoms with van der Waals surface area (Å²) < 4.78 is 5.05. The molecule has 0 spiro atoms. The van der Waals surface area contributed by atoms with Gasteiger partial charge in [0, 0.05) is 29.7 Å². The van der Waals surface area contributed by atoms with Crippen molar-refractivity contribution >= 4 is 29.1 Å². The quantitative estimate of drug-likeness (QED) is 0.780. The van der Waals surface area contributed by atoms with Crippen LogP contribution < -0.4 is 9.74 Å². The van der Waals surface area contributed by atoms with Crippen LogP contribution in [0.5, 0.6) is 0 Å². The van der Waals surface area contributed by atoms with Gasteiger partial charge in [0.15, 0.2) is 0 Å². The van der Waals surface area contributed by atoms with Crippen LogP contribution in [0, 0.1) is 0 Å². The van der Waals surface area contributed by atoms with Gasteiger partial charge < -0.3 is 9.64 Å². The van der Waals surface area contributed by atoms with Gasteiger partial charge in [0.05, 0.1) is 6.61 Å². The molecule has 0 aliphatic carbocycles. The third kappa shape index (κ3) is 2.22. The highest BCUT2D eigenvalue weighted by molar-refractivity contribution is 6.23. The van der Waals surface area contributed by atoms with E-state index in [1.807, 2.05) is 24.3 Å². The van der Waals surface area contributed by atoms with Crippen LogP contribution in [0.25, 0.3) is 0 Å². The van der Waals surface area contributed by atoms with Gasteiger partial charge in [-0.3, -0.25) is 9.63 Å². The van der Waals surface area contributed by atoms with E-state index in [0.29, 0.717) is 13.2 Å². The summed E-state index contributed by atoms with van der Waals surface area (Å²) >= 11 is 5.44. The number of halogens is 1. The molecule has 0 radical (unpaired) electrons. The van der Waals surface area contributed by atoms with Crippen molar-refractivity contribution in [2.75, 3.05) is 29.5 Å². The number of amides is 1. The molecule has 1 aromatic carbocycles. The predicted molar refractivity (Wildman–Crippen MR) is 59.1 cm³/mol. The third-order valence-corrected chi connectivity index (χ3v) is 2.49. The number of hydrogen-bond acceptors (Lipinski definition) is 3. The van der Waals surface area contributed by atoms with Gasteiger partial charge in [-0.1, -0.05) is 0 Å². The molecule has 1 fully saturated rings. The Kier molecular flexibility index (Phi) is 3.08. The van der Waals surface area contributed by atoms with Crippen LogP contribution in [0.15, 0.2) is 24.3 Å². The predicted octanol–water partition coefficient (Wildman–Crippen LogP) is 1.62. The fourth-order valence-corrected chi connectivity index (χ4v) is 1.62. The van der Waals surface area contributed by atoms with E-state index in [-0.39, 0.29) is 12.5 Å². The number of nitrogens with one attached hydrogen (secondary N) is 1. The second-order valence-corrected chi connectivity index (χ2v) is 3.43. The van der Waals surface area contributed by atoms with Crippen LogP contribution >= 0.6 is 11.8 Å². The van der Waals surface area contributed by atoms with Crippen molar-refractivity contribution in [2.24, 2.45) is 0 Å². The summed E-state index contributed by atoms with van der Waals surface area (Å²) in [5, 5.41) is 0. The number of anilines is 2. The number of carbonyl (C=O) groups excluding carboxylic acids is 1. The third-order valence-electron chi connectivity index (χ3n) is 2.27. The van der Waals surface area contributed by atoms with Crippen molar-refractivity contribution < 1.29 is 9.53 Å². The largest absolute Gasteiger partial charge is 0.370 e. The SMILES string of the molecule is O=C1COCCN1c1ccc(NCl)cc1. The van der Waals surface area contributed by atoms with Gasteiger partial charge in [-0.15, -0.1) is 0 Å². The van der Waals surface area contributed by atoms with Crippen LogP contribution in [0.4, 0.5) is 11.4 Å². The normalized spacial score (nSPS) is 16.6. The van der Waals surface area contributed by atoms with E-state index < -0.39 is 0 Å². The van der Waals surface area contributed by atoms with Crippen LogP contribution in [0.3, 0.4) is 0 Å². The smallest absolute Gasteiger partial charge is 0.253 e. The van der Waals surface area contributed by atoms with Crippen molar-refractivity contribution in [2.45, 2.75) is 0 Å². The molecule has 15 heavy (non-hydrogen) atoms. The molecular formula is C10H11ClN2O2. The number of rotatable bonds is 2. The second-order valence-electron chi connectivity index (χ2n) is 3.24. The minimum atomic E-state index is -0.00664. The van der Waals surface area contributed by atoms with Crippen molar-refractivity contribution in [1.82, 2.24) is 0 Å². The molecule has 1 N–H and O–H groups in total. The highest BCUT2D eigenvalue weighted by Gasteiger charge is 2.19. The molecule has 1 aromatic rings. The molecule has 80 valence electrons. The van der Waals surface area contributed by atoms with Crippen LogP contribution in [0.2, 0.25) is 0 Å². The van der Waals surface area contributed by atoms with Crippen molar-refractivity contribution in [3.63, 3.8) is 0 Å². The molecule has 0 bridgehead atoms. The molecule has 0 unspecified atom stereocenters. The Labute approximate surface area is 92.9 Å². The summed E-state index contributed by atoms with van der Waals surface area (Å²) in [5.74, 6) is -0.00664. The van der Waals surface area contributed by atoms with E-state index in [9.17, 15) is 4.79 Å². The molecule has 4 nitrogen and oxygen atoms in total. The first-order valence-electron chi connectivity index (χ1n) is 4.66. The molecule has 5 heteroatoms. The van der Waals surface area contributed by atoms with Gasteiger partial charge in [0.25, 0.3) is 5.91 Å². The summed E-state index contributed by atoms with van der Waals surface area (Å²) in [6, 6.07) is 7.36. The maximum atomic E-state index is 11.5. The summed E-state index contributed by atoms with van der Waals surface area (Å²) in [7, 11) is 0. The van der Waals surface area contributed by atoms with Crippen LogP contribution in [0.1, 0.15) is 0 Å². The lowest BCUT2D eigenvalue weighted by atomic mass is 10.2. The van der Waals surface area contributed by atoms with Gasteiger partial charge in [0.2, 0.25) is 0 Å². The van der Waals surface area contributed by atoms with E-state index in [4.69, 9.17) is 16.5 Å². The highest BCUT2D eigenvalue weighted by atomic mass is 35.5. The average Bonchev–Trinajstić information content (AvgIpc) is 2.30. The number of morpholine rings is 1. The summed E-state index contributed by atoms with van der Waals surface area (Å²) in [6.07, 6.45) is 0. The number of hydrogen-bond donors (Lipinski definition) is 1. The molecule has 1 saturated heterocycles. The van der Waals surface area contributed by atoms with E-state index in [1.54, 1.807) is 4.90 Å². The van der Waals surface area contributed by atoms with E-state index in [1.165, 1.54) is 0 Å². The van der Waals surface area contributed by atoms with E-state index >= 15 is 0 Å². The summed E-state index contributed by atoms with van der Waals surface area (Å²) in [5.41, 5.74) is 1.68. The van der Waals surface area contributed by atoms with Crippen molar-refractivity contribution in [1.29, 1.82) is 0 Å². The maximum absolute atomic E-state index is 11.5. The minimum Gasteiger partial charge on any atom is -0.370 e. The molecule has 1 aliphatic rings. The fourth-order valence-electron chi connectivity index (χ4n) is 1.50. The molecule has 1 heterocycles. The zero-order valence-electron chi connectivity index (χ0n) is 8.07. The molecule has 0 aromatic heterocycles. The lowest BCUT2D eigenvalue weighted by molar-refractivity contribution is -0.125. The maximum Gasteiger partial charge on any atom is 0.253 e. The Bertz CT molecular complexity index is 353. The molecule has 2 rings (SSSR count). The molecule has 0 saturated carbocycles. The van der Waals surface area contributed by atoms with Crippen molar-refractivity contribution in [3.05, 3.63) is 24.3 Å². The zero-order chi connectivity index (χ0) is 10.7. The topological polar surface area (TPSA) is 41.6 Å². The average molecular weight is 227 g/mol. The standard InChI is InChI=1S/C10H11ClN2O2/c11-12-8-1-3-9(4-2-8)13-5-6-15-7-10(13)14/h1-4,12H,5-7H2. The summed E-state index contributed by atoms with van der Waals surface area (Å²) in [4.78, 5) is 15.7. The van der Waals surface area contributed by atoms with E-state index in [2.05, 4.69) is 4.84 Å². The molecule has 0 atom stereocenters. The minimum absolute atomic E-state index is 0.00664. The summed E-state index contributed by atoms with van der Waals surface area (Å²) in [6.45, 7) is 1.35. The fraction of sp³-hybridized carbons (Fsp3) is 0.300. The van der Waals surface area contributed by atoms with Gasteiger partial charge in [-0.25, -0.2) is 0 Å². The van der Waals surface area contributed by atoms with Gasteiger partial charge >= 0.3 is 0 Å². The number of ether oxygens (including phenoxy) is 1. The number of benzene rings is 1. The second kappa shape index (κ2) is 4.51. The lowest BCUT2D eigenvalue weighted by Crippen LogP contribution is -2.41. The number of nitrogens with zero attached hydrogens (tertiary/aromatic N) is 1. The Balaban J connectivity index is 2.17. The molecule has 1 amide bonds. The van der Waals surface area contributed by atoms with Gasteiger partial charge in [-0.2, -0.15) is 0 Å². The first-order chi connectivity index (χ1) is 7.31. The lowest BCUT2D eigenvalue weighted by Gasteiger charge is -2.26. The van der Waals surface area contributed by atoms with E-state index in [0.717, 1.165) is 11.4 Å². The van der Waals surface area contributed by atoms with Gasteiger partial charge in [-0.05, 0) is 24.3 Å². The zero-order valence-corrected chi connectivity index (χ0v) is 8.83. The number of carbonyl (C=O) groups is 1. The first-order valence-corrected chi connectivity index (χ1v) is 5.04. The van der Waals surface area contributed by atoms with Crippen molar-refractivity contribution in [3.8, 4) is 0 Å².